The number of hydrogen-bond donors (Lipinski definition) is 2. The van der Waals surface area contributed by atoms with Crippen LogP contribution in [0.4, 0.5) is 0 Å². The number of guanidine groups is 1. The molecule has 0 aliphatic carbocycles. The zero-order valence-corrected chi connectivity index (χ0v) is 21.4. The largest absolute Gasteiger partial charge is 0.493 e. The fraction of sp³-hybridized carbons (Fsp3) is 0.409. The molecule has 0 aliphatic heterocycles. The lowest BCUT2D eigenvalue weighted by molar-refractivity contribution is 0.322. The first-order chi connectivity index (χ1) is 14.1. The monoisotopic (exact) mass is 545 g/mol. The molecule has 2 N–H and O–H groups in total. The van der Waals surface area contributed by atoms with E-state index >= 15 is 0 Å². The fourth-order valence-corrected chi connectivity index (χ4v) is 3.75. The molecule has 0 spiro atoms. The molecule has 0 radical (unpaired) electrons. The Morgan fingerprint density at radius 3 is 2.27 bits per heavy atom. The summed E-state index contributed by atoms with van der Waals surface area (Å²) in [5.74, 6) is 2.62. The van der Waals surface area contributed by atoms with Gasteiger partial charge in [0.15, 0.2) is 17.5 Å². The smallest absolute Gasteiger partial charge is 0.203 e. The predicted molar refractivity (Wildman–Crippen MR) is 136 cm³/mol. The molecule has 0 saturated heterocycles. The van der Waals surface area contributed by atoms with Gasteiger partial charge in [0, 0.05) is 28.8 Å². The second kappa shape index (κ2) is 14.2. The second-order valence-electron chi connectivity index (χ2n) is 6.31. The van der Waals surface area contributed by atoms with Crippen molar-refractivity contribution in [2.24, 2.45) is 4.99 Å². The molecular weight excluding hydrogens is 513 g/mol. The van der Waals surface area contributed by atoms with Crippen LogP contribution in [0.25, 0.3) is 0 Å². The Kier molecular flexibility index (Phi) is 12.4. The van der Waals surface area contributed by atoms with Gasteiger partial charge >= 0.3 is 0 Å². The molecule has 0 aromatic heterocycles. The minimum absolute atomic E-state index is 0. The number of hydrogen-bond acceptors (Lipinski definition) is 5. The molecule has 0 saturated carbocycles. The van der Waals surface area contributed by atoms with Crippen molar-refractivity contribution >= 4 is 41.7 Å². The highest BCUT2D eigenvalue weighted by Gasteiger charge is 2.15. The zero-order chi connectivity index (χ0) is 21.1. The van der Waals surface area contributed by atoms with Crippen molar-refractivity contribution in [2.75, 3.05) is 34.4 Å². The first-order valence-corrected chi connectivity index (χ1v) is 10.5. The van der Waals surface area contributed by atoms with Crippen molar-refractivity contribution in [1.29, 1.82) is 0 Å². The first kappa shape index (κ1) is 26.2. The summed E-state index contributed by atoms with van der Waals surface area (Å²) in [6.07, 6.45) is 0. The van der Waals surface area contributed by atoms with E-state index < -0.39 is 0 Å². The molecule has 2 aromatic rings. The number of methoxy groups -OCH3 is 3. The number of rotatable bonds is 10. The van der Waals surface area contributed by atoms with E-state index in [1.54, 1.807) is 21.3 Å². The van der Waals surface area contributed by atoms with Gasteiger partial charge in [0.05, 0.1) is 27.9 Å². The highest BCUT2D eigenvalue weighted by molar-refractivity contribution is 14.0. The van der Waals surface area contributed by atoms with Crippen molar-refractivity contribution in [2.45, 2.75) is 30.5 Å². The molecule has 1 unspecified atom stereocenters. The van der Waals surface area contributed by atoms with Gasteiger partial charge in [-0.2, -0.15) is 0 Å². The summed E-state index contributed by atoms with van der Waals surface area (Å²) in [6.45, 7) is 6.30. The molecule has 30 heavy (non-hydrogen) atoms. The molecule has 6 nitrogen and oxygen atoms in total. The van der Waals surface area contributed by atoms with Gasteiger partial charge in [0.25, 0.3) is 0 Å². The molecule has 0 heterocycles. The summed E-state index contributed by atoms with van der Waals surface area (Å²) in [5.41, 5.74) is 0.925. The average Bonchev–Trinajstić information content (AvgIpc) is 2.75. The van der Waals surface area contributed by atoms with Gasteiger partial charge < -0.3 is 24.8 Å². The predicted octanol–water partition coefficient (Wildman–Crippen LogP) is 4.57. The minimum atomic E-state index is 0. The Morgan fingerprint density at radius 1 is 0.967 bits per heavy atom. The van der Waals surface area contributed by atoms with Crippen LogP contribution in [0.3, 0.4) is 0 Å². The van der Waals surface area contributed by atoms with Crippen LogP contribution in [-0.4, -0.2) is 45.6 Å². The van der Waals surface area contributed by atoms with Crippen LogP contribution in [0.2, 0.25) is 0 Å². The van der Waals surface area contributed by atoms with Gasteiger partial charge in [0.1, 0.15) is 0 Å². The van der Waals surface area contributed by atoms with E-state index in [1.165, 1.54) is 4.90 Å². The lowest BCUT2D eigenvalue weighted by Crippen LogP contribution is -2.40. The molecule has 166 valence electrons. The molecular formula is C22H32IN3O3S. The van der Waals surface area contributed by atoms with Crippen LogP contribution in [0.15, 0.2) is 52.4 Å². The third-order valence-corrected chi connectivity index (χ3v) is 5.29. The van der Waals surface area contributed by atoms with Gasteiger partial charge in [-0.05, 0) is 31.2 Å². The highest BCUT2D eigenvalue weighted by Crippen LogP contribution is 2.39. The molecule has 8 heteroatoms. The Bertz CT molecular complexity index is 791. The summed E-state index contributed by atoms with van der Waals surface area (Å²) in [6, 6.07) is 14.2. The molecule has 0 fully saturated rings. The van der Waals surface area contributed by atoms with Crippen molar-refractivity contribution in [1.82, 2.24) is 10.6 Å². The molecule has 0 bridgehead atoms. The van der Waals surface area contributed by atoms with Crippen molar-refractivity contribution in [3.05, 3.63) is 48.0 Å². The molecule has 0 aliphatic rings. The minimum Gasteiger partial charge on any atom is -0.493 e. The van der Waals surface area contributed by atoms with Crippen LogP contribution in [0.1, 0.15) is 19.4 Å². The Labute approximate surface area is 201 Å². The zero-order valence-electron chi connectivity index (χ0n) is 18.2. The number of nitrogens with zero attached hydrogens (tertiary/aromatic N) is 1. The number of halogens is 1. The molecule has 2 aromatic carbocycles. The number of thioether (sulfide) groups is 1. The average molecular weight is 545 g/mol. The van der Waals surface area contributed by atoms with Crippen LogP contribution in [0, 0.1) is 0 Å². The lowest BCUT2D eigenvalue weighted by Gasteiger charge is -2.17. The maximum Gasteiger partial charge on any atom is 0.203 e. The van der Waals surface area contributed by atoms with Gasteiger partial charge in [0.2, 0.25) is 5.75 Å². The summed E-state index contributed by atoms with van der Waals surface area (Å²) in [5, 5.41) is 7.11. The van der Waals surface area contributed by atoms with Crippen LogP contribution >= 0.6 is 35.7 Å². The van der Waals surface area contributed by atoms with Crippen molar-refractivity contribution in [3.63, 3.8) is 0 Å². The standard InChI is InChI=1S/C22H31N3O3S.HI/c1-6-23-22(24-14-16(2)29-18-10-8-7-9-11-18)25-15-17-12-13-19(26-3)21(28-5)20(17)27-4;/h7-13,16H,6,14-15H2,1-5H3,(H2,23,24,25);1H. The maximum absolute atomic E-state index is 5.55. The fourth-order valence-electron chi connectivity index (χ4n) is 2.81. The van der Waals surface area contributed by atoms with Crippen molar-refractivity contribution < 1.29 is 14.2 Å². The number of ether oxygens (including phenoxy) is 3. The summed E-state index contributed by atoms with van der Waals surface area (Å²) in [4.78, 5) is 5.97. The van der Waals surface area contributed by atoms with Crippen molar-refractivity contribution in [3.8, 4) is 17.2 Å². The Balaban J connectivity index is 0.00000450. The lowest BCUT2D eigenvalue weighted by atomic mass is 10.1. The Hall–Kier alpha value is -1.81. The van der Waals surface area contributed by atoms with Gasteiger partial charge in [-0.15, -0.1) is 35.7 Å². The van der Waals surface area contributed by atoms with E-state index in [2.05, 4.69) is 48.7 Å². The van der Waals surface area contributed by atoms with Crippen LogP contribution < -0.4 is 24.8 Å². The van der Waals surface area contributed by atoms with E-state index in [-0.39, 0.29) is 24.0 Å². The maximum atomic E-state index is 5.55. The third kappa shape index (κ3) is 7.79. The first-order valence-electron chi connectivity index (χ1n) is 9.64. The van der Waals surface area contributed by atoms with Crippen LogP contribution in [0.5, 0.6) is 17.2 Å². The van der Waals surface area contributed by atoms with E-state index in [0.717, 1.165) is 24.6 Å². The topological polar surface area (TPSA) is 64.1 Å². The second-order valence-corrected chi connectivity index (χ2v) is 7.82. The summed E-state index contributed by atoms with van der Waals surface area (Å²) >= 11 is 1.84. The normalized spacial score (nSPS) is 11.8. The quantitative estimate of drug-likeness (QED) is 0.198. The summed E-state index contributed by atoms with van der Waals surface area (Å²) < 4.78 is 16.3. The molecule has 2 rings (SSSR count). The summed E-state index contributed by atoms with van der Waals surface area (Å²) in [7, 11) is 4.83. The third-order valence-electron chi connectivity index (χ3n) is 4.17. The van der Waals surface area contributed by atoms with Crippen LogP contribution in [-0.2, 0) is 6.54 Å². The molecule has 0 amide bonds. The SMILES string of the molecule is CCNC(=NCc1ccc(OC)c(OC)c1OC)NCC(C)Sc1ccccc1.I. The molecule has 1 atom stereocenters. The number of benzene rings is 2. The Morgan fingerprint density at radius 2 is 1.67 bits per heavy atom. The van der Waals surface area contributed by atoms with Gasteiger partial charge in [-0.25, -0.2) is 4.99 Å². The number of aliphatic imine (C=N–C) groups is 1. The van der Waals surface area contributed by atoms with Gasteiger partial charge in [-0.3, -0.25) is 0 Å². The van der Waals surface area contributed by atoms with E-state index in [9.17, 15) is 0 Å². The van der Waals surface area contributed by atoms with Gasteiger partial charge in [-0.1, -0.05) is 25.1 Å². The number of nitrogens with one attached hydrogen (secondary N) is 2. The van der Waals surface area contributed by atoms with E-state index in [4.69, 9.17) is 19.2 Å². The van der Waals surface area contributed by atoms with E-state index in [0.29, 0.717) is 29.0 Å². The van der Waals surface area contributed by atoms with E-state index in [1.807, 2.05) is 30.0 Å². The highest BCUT2D eigenvalue weighted by atomic mass is 127.